The molecule has 0 spiro atoms. The van der Waals surface area contributed by atoms with Crippen LogP contribution in [0.2, 0.25) is 0 Å². The molecule has 0 fully saturated rings. The zero-order valence-electron chi connectivity index (χ0n) is 17.5. The third-order valence-electron chi connectivity index (χ3n) is 5.70. The minimum absolute atomic E-state index is 0.341. The van der Waals surface area contributed by atoms with Crippen molar-refractivity contribution in [1.29, 1.82) is 0 Å². The molecule has 5 nitrogen and oxygen atoms in total. The number of fused-ring (bicyclic) bond motifs is 4. The molecule has 2 aromatic heterocycles. The minimum atomic E-state index is -0.341. The Bertz CT molecular complexity index is 1240. The van der Waals surface area contributed by atoms with Crippen LogP contribution >= 0.6 is 0 Å². The molecular weight excluding hydrogens is 362 g/mol. The van der Waals surface area contributed by atoms with Crippen LogP contribution in [-0.4, -0.2) is 31.2 Å². The molecule has 0 aliphatic rings. The Morgan fingerprint density at radius 3 is 2.07 bits per heavy atom. The molecule has 2 heterocycles. The van der Waals surface area contributed by atoms with Gasteiger partial charge in [0, 0.05) is 54.4 Å². The number of pyridine rings is 1. The summed E-state index contributed by atoms with van der Waals surface area (Å²) >= 11 is 0. The first-order valence-electron chi connectivity index (χ1n) is 10.4. The third kappa shape index (κ3) is 3.31. The van der Waals surface area contributed by atoms with Crippen LogP contribution < -0.4 is 15.4 Å². The van der Waals surface area contributed by atoms with Crippen LogP contribution in [0.25, 0.3) is 32.8 Å². The zero-order valence-corrected chi connectivity index (χ0v) is 17.5. The monoisotopic (exact) mass is 389 g/mol. The number of aromatic nitrogens is 1. The predicted molar refractivity (Wildman–Crippen MR) is 122 cm³/mol. The van der Waals surface area contributed by atoms with E-state index in [9.17, 15) is 4.79 Å². The summed E-state index contributed by atoms with van der Waals surface area (Å²) in [7, 11) is 0. The standard InChI is InChI=1S/C24H27N3O2/c1-5-26(6-2)17-10-12-21-16(13-17)14-20-23(25-21)19-11-9-18(27(7-3)8-4)15-22(19)29-24(20)28/h9-15H,5-8H2,1-4H3. The largest absolute Gasteiger partial charge is 0.422 e. The Kier molecular flexibility index (Phi) is 5.14. The predicted octanol–water partition coefficient (Wildman–Crippen LogP) is 5.19. The maximum Gasteiger partial charge on any atom is 0.345 e. The first-order chi connectivity index (χ1) is 14.1. The van der Waals surface area contributed by atoms with Gasteiger partial charge in [0.25, 0.3) is 0 Å². The molecule has 0 aliphatic heterocycles. The maximum atomic E-state index is 12.8. The number of hydrogen-bond acceptors (Lipinski definition) is 5. The number of rotatable bonds is 6. The molecular formula is C24H27N3O2. The summed E-state index contributed by atoms with van der Waals surface area (Å²) in [6.07, 6.45) is 0. The maximum absolute atomic E-state index is 12.8. The molecule has 0 amide bonds. The molecule has 4 aromatic rings. The van der Waals surface area contributed by atoms with Gasteiger partial charge in [-0.05, 0) is 64.1 Å². The van der Waals surface area contributed by atoms with Crippen molar-refractivity contribution in [3.05, 3.63) is 52.9 Å². The van der Waals surface area contributed by atoms with Crippen molar-refractivity contribution in [3.8, 4) is 0 Å². The van der Waals surface area contributed by atoms with Crippen LogP contribution in [0.15, 0.2) is 51.7 Å². The average molecular weight is 389 g/mol. The third-order valence-corrected chi connectivity index (χ3v) is 5.70. The Balaban J connectivity index is 1.94. The highest BCUT2D eigenvalue weighted by atomic mass is 16.4. The van der Waals surface area contributed by atoms with E-state index >= 15 is 0 Å². The fourth-order valence-electron chi connectivity index (χ4n) is 4.04. The highest BCUT2D eigenvalue weighted by Gasteiger charge is 2.13. The van der Waals surface area contributed by atoms with E-state index in [4.69, 9.17) is 9.40 Å². The smallest absolute Gasteiger partial charge is 0.345 e. The van der Waals surface area contributed by atoms with Crippen molar-refractivity contribution in [1.82, 2.24) is 4.98 Å². The second-order valence-electron chi connectivity index (χ2n) is 7.18. The van der Waals surface area contributed by atoms with E-state index in [1.807, 2.05) is 24.3 Å². The SMILES string of the molecule is CCN(CC)c1ccc2nc3c(cc2c1)c(=O)oc1cc(N(CC)CC)ccc13. The van der Waals surface area contributed by atoms with Crippen LogP contribution in [0.4, 0.5) is 11.4 Å². The fraction of sp³-hybridized carbons (Fsp3) is 0.333. The van der Waals surface area contributed by atoms with Gasteiger partial charge in [0.1, 0.15) is 5.58 Å². The highest BCUT2D eigenvalue weighted by Crippen LogP contribution is 2.29. The van der Waals surface area contributed by atoms with Crippen LogP contribution in [0.1, 0.15) is 27.7 Å². The van der Waals surface area contributed by atoms with E-state index < -0.39 is 0 Å². The molecule has 0 atom stereocenters. The molecule has 5 heteroatoms. The van der Waals surface area contributed by atoms with Gasteiger partial charge in [0.05, 0.1) is 16.4 Å². The van der Waals surface area contributed by atoms with Gasteiger partial charge in [-0.15, -0.1) is 0 Å². The summed E-state index contributed by atoms with van der Waals surface area (Å²) in [5.74, 6) is 0. The summed E-state index contributed by atoms with van der Waals surface area (Å²) in [6.45, 7) is 12.2. The van der Waals surface area contributed by atoms with Crippen molar-refractivity contribution in [2.24, 2.45) is 0 Å². The summed E-state index contributed by atoms with van der Waals surface area (Å²) in [5.41, 5.74) is 4.01. The molecule has 29 heavy (non-hydrogen) atoms. The fourth-order valence-corrected chi connectivity index (χ4v) is 4.04. The van der Waals surface area contributed by atoms with Gasteiger partial charge in [-0.1, -0.05) is 0 Å². The molecule has 0 saturated heterocycles. The summed E-state index contributed by atoms with van der Waals surface area (Å²) in [4.78, 5) is 22.1. The molecule has 150 valence electrons. The van der Waals surface area contributed by atoms with Gasteiger partial charge in [-0.25, -0.2) is 9.78 Å². The molecule has 0 unspecified atom stereocenters. The van der Waals surface area contributed by atoms with E-state index in [-0.39, 0.29) is 5.63 Å². The molecule has 2 aromatic carbocycles. The molecule has 4 rings (SSSR count). The van der Waals surface area contributed by atoms with E-state index in [2.05, 4.69) is 55.7 Å². The lowest BCUT2D eigenvalue weighted by atomic mass is 10.1. The molecule has 0 aliphatic carbocycles. The molecule has 0 N–H and O–H groups in total. The van der Waals surface area contributed by atoms with Gasteiger partial charge < -0.3 is 14.2 Å². The van der Waals surface area contributed by atoms with Crippen molar-refractivity contribution in [3.63, 3.8) is 0 Å². The Morgan fingerprint density at radius 2 is 1.41 bits per heavy atom. The summed E-state index contributed by atoms with van der Waals surface area (Å²) < 4.78 is 5.69. The number of benzene rings is 2. The number of anilines is 2. The lowest BCUT2D eigenvalue weighted by Gasteiger charge is -2.21. The van der Waals surface area contributed by atoms with E-state index in [1.165, 1.54) is 0 Å². The number of nitrogens with zero attached hydrogens (tertiary/aromatic N) is 3. The van der Waals surface area contributed by atoms with Crippen molar-refractivity contribution < 1.29 is 4.42 Å². The van der Waals surface area contributed by atoms with Gasteiger partial charge >= 0.3 is 5.63 Å². The second-order valence-corrected chi connectivity index (χ2v) is 7.18. The first-order valence-corrected chi connectivity index (χ1v) is 10.4. The van der Waals surface area contributed by atoms with Crippen molar-refractivity contribution in [2.45, 2.75) is 27.7 Å². The van der Waals surface area contributed by atoms with Gasteiger partial charge in [0.15, 0.2) is 0 Å². The molecule has 0 saturated carbocycles. The molecule has 0 bridgehead atoms. The highest BCUT2D eigenvalue weighted by molar-refractivity contribution is 6.06. The van der Waals surface area contributed by atoms with E-state index in [0.717, 1.165) is 53.8 Å². The number of hydrogen-bond donors (Lipinski definition) is 0. The van der Waals surface area contributed by atoms with Crippen molar-refractivity contribution >= 4 is 44.1 Å². The molecule has 0 radical (unpaired) electrons. The van der Waals surface area contributed by atoms with Gasteiger partial charge in [-0.2, -0.15) is 0 Å². The van der Waals surface area contributed by atoms with Crippen LogP contribution in [0.3, 0.4) is 0 Å². The summed E-state index contributed by atoms with van der Waals surface area (Å²) in [6, 6.07) is 14.2. The normalized spacial score (nSPS) is 11.4. The lowest BCUT2D eigenvalue weighted by molar-refractivity contribution is 0.569. The average Bonchev–Trinajstić information content (AvgIpc) is 2.74. The van der Waals surface area contributed by atoms with Gasteiger partial charge in [-0.3, -0.25) is 0 Å². The van der Waals surface area contributed by atoms with Gasteiger partial charge in [0.2, 0.25) is 0 Å². The lowest BCUT2D eigenvalue weighted by Crippen LogP contribution is -2.21. The van der Waals surface area contributed by atoms with Crippen LogP contribution in [0, 0.1) is 0 Å². The summed E-state index contributed by atoms with van der Waals surface area (Å²) in [5, 5.41) is 2.34. The topological polar surface area (TPSA) is 49.6 Å². The Hall–Kier alpha value is -3.08. The minimum Gasteiger partial charge on any atom is -0.422 e. The van der Waals surface area contributed by atoms with Crippen LogP contribution in [0.5, 0.6) is 0 Å². The Labute approximate surface area is 170 Å². The van der Waals surface area contributed by atoms with Crippen molar-refractivity contribution in [2.75, 3.05) is 36.0 Å². The second kappa shape index (κ2) is 7.74. The first kappa shape index (κ1) is 19.2. The zero-order chi connectivity index (χ0) is 20.5. The van der Waals surface area contributed by atoms with E-state index in [1.54, 1.807) is 0 Å². The Morgan fingerprint density at radius 1 is 0.793 bits per heavy atom. The van der Waals surface area contributed by atoms with Crippen LogP contribution in [-0.2, 0) is 0 Å². The van der Waals surface area contributed by atoms with E-state index in [0.29, 0.717) is 16.5 Å². The quantitative estimate of drug-likeness (QED) is 0.258.